The first kappa shape index (κ1) is 19.6. The summed E-state index contributed by atoms with van der Waals surface area (Å²) in [6.45, 7) is 9.27. The highest BCUT2D eigenvalue weighted by atomic mass is 16.5. The lowest BCUT2D eigenvalue weighted by Crippen LogP contribution is -2.31. The first-order valence-corrected chi connectivity index (χ1v) is 8.75. The molecule has 0 saturated carbocycles. The van der Waals surface area contributed by atoms with Crippen molar-refractivity contribution in [2.24, 2.45) is 0 Å². The van der Waals surface area contributed by atoms with Crippen molar-refractivity contribution >= 4 is 5.91 Å². The first-order valence-electron chi connectivity index (χ1n) is 8.75. The van der Waals surface area contributed by atoms with Gasteiger partial charge < -0.3 is 14.4 Å². The van der Waals surface area contributed by atoms with E-state index >= 15 is 0 Å². The summed E-state index contributed by atoms with van der Waals surface area (Å²) in [7, 11) is 1.64. The molecule has 1 amide bonds. The predicted octanol–water partition coefficient (Wildman–Crippen LogP) is 4.30. The van der Waals surface area contributed by atoms with Gasteiger partial charge in [0, 0.05) is 13.1 Å². The van der Waals surface area contributed by atoms with Crippen LogP contribution >= 0.6 is 0 Å². The van der Waals surface area contributed by atoms with Gasteiger partial charge in [-0.1, -0.05) is 24.3 Å². The highest BCUT2D eigenvalue weighted by Gasteiger charge is 2.13. The SMILES string of the molecule is C=CCN(Cc1ccc(OC)cc1)C(=O)CCOc1ccc(C)c(C)c1. The second kappa shape index (κ2) is 9.66. The van der Waals surface area contributed by atoms with Gasteiger partial charge in [-0.2, -0.15) is 0 Å². The molecule has 26 heavy (non-hydrogen) atoms. The number of methoxy groups -OCH3 is 1. The zero-order chi connectivity index (χ0) is 18.9. The summed E-state index contributed by atoms with van der Waals surface area (Å²) < 4.78 is 10.9. The monoisotopic (exact) mass is 353 g/mol. The summed E-state index contributed by atoms with van der Waals surface area (Å²) in [5, 5.41) is 0. The molecule has 0 aromatic heterocycles. The molecule has 0 atom stereocenters. The first-order chi connectivity index (χ1) is 12.5. The van der Waals surface area contributed by atoms with Crippen molar-refractivity contribution in [3.63, 3.8) is 0 Å². The second-order valence-electron chi connectivity index (χ2n) is 6.26. The van der Waals surface area contributed by atoms with Crippen molar-refractivity contribution < 1.29 is 14.3 Å². The van der Waals surface area contributed by atoms with Gasteiger partial charge in [-0.15, -0.1) is 6.58 Å². The van der Waals surface area contributed by atoms with E-state index in [-0.39, 0.29) is 5.91 Å². The third-order valence-corrected chi connectivity index (χ3v) is 4.30. The molecule has 4 heteroatoms. The Bertz CT molecular complexity index is 738. The van der Waals surface area contributed by atoms with Gasteiger partial charge in [0.25, 0.3) is 0 Å². The molecule has 2 aromatic rings. The van der Waals surface area contributed by atoms with Crippen LogP contribution < -0.4 is 9.47 Å². The van der Waals surface area contributed by atoms with E-state index in [0.29, 0.717) is 26.1 Å². The van der Waals surface area contributed by atoms with Crippen LogP contribution in [0.2, 0.25) is 0 Å². The van der Waals surface area contributed by atoms with E-state index in [0.717, 1.165) is 17.1 Å². The lowest BCUT2D eigenvalue weighted by atomic mass is 10.1. The molecule has 0 aliphatic rings. The Balaban J connectivity index is 1.90. The summed E-state index contributed by atoms with van der Waals surface area (Å²) in [6, 6.07) is 13.7. The highest BCUT2D eigenvalue weighted by Crippen LogP contribution is 2.17. The van der Waals surface area contributed by atoms with Crippen LogP contribution in [0.25, 0.3) is 0 Å². The van der Waals surface area contributed by atoms with Gasteiger partial charge >= 0.3 is 0 Å². The van der Waals surface area contributed by atoms with Gasteiger partial charge in [-0.05, 0) is 54.8 Å². The predicted molar refractivity (Wildman–Crippen MR) is 105 cm³/mol. The van der Waals surface area contributed by atoms with Crippen LogP contribution in [-0.2, 0) is 11.3 Å². The number of hydrogen-bond acceptors (Lipinski definition) is 3. The summed E-state index contributed by atoms with van der Waals surface area (Å²) >= 11 is 0. The zero-order valence-electron chi connectivity index (χ0n) is 15.8. The summed E-state index contributed by atoms with van der Waals surface area (Å²) in [5.74, 6) is 1.65. The number of carbonyl (C=O) groups is 1. The maximum absolute atomic E-state index is 12.5. The van der Waals surface area contributed by atoms with Crippen molar-refractivity contribution in [2.75, 3.05) is 20.3 Å². The smallest absolute Gasteiger partial charge is 0.226 e. The van der Waals surface area contributed by atoms with E-state index in [9.17, 15) is 4.79 Å². The molecule has 0 heterocycles. The molecule has 2 aromatic carbocycles. The van der Waals surface area contributed by atoms with Crippen LogP contribution in [0.5, 0.6) is 11.5 Å². The molecule has 0 aliphatic heterocycles. The van der Waals surface area contributed by atoms with E-state index in [2.05, 4.69) is 13.5 Å². The Labute approximate surface area is 156 Å². The van der Waals surface area contributed by atoms with Gasteiger partial charge in [-0.3, -0.25) is 4.79 Å². The fourth-order valence-corrected chi connectivity index (χ4v) is 2.58. The van der Waals surface area contributed by atoms with Crippen LogP contribution in [0, 0.1) is 13.8 Å². The topological polar surface area (TPSA) is 38.8 Å². The van der Waals surface area contributed by atoms with E-state index in [1.807, 2.05) is 49.4 Å². The minimum absolute atomic E-state index is 0.0459. The number of ether oxygens (including phenoxy) is 2. The number of aryl methyl sites for hydroxylation is 2. The molecule has 0 saturated heterocycles. The normalized spacial score (nSPS) is 10.3. The van der Waals surface area contributed by atoms with Crippen LogP contribution in [0.3, 0.4) is 0 Å². The molecule has 0 unspecified atom stereocenters. The Morgan fingerprint density at radius 1 is 1.08 bits per heavy atom. The maximum Gasteiger partial charge on any atom is 0.226 e. The number of rotatable bonds is 9. The number of amides is 1. The highest BCUT2D eigenvalue weighted by molar-refractivity contribution is 5.76. The second-order valence-corrected chi connectivity index (χ2v) is 6.26. The molecule has 0 fully saturated rings. The van der Waals surface area contributed by atoms with Gasteiger partial charge in [0.1, 0.15) is 11.5 Å². The average Bonchev–Trinajstić information content (AvgIpc) is 2.64. The summed E-state index contributed by atoms with van der Waals surface area (Å²) in [5.41, 5.74) is 3.46. The van der Waals surface area contributed by atoms with Crippen molar-refractivity contribution in [1.29, 1.82) is 0 Å². The molecule has 138 valence electrons. The molecule has 0 aliphatic carbocycles. The number of hydrogen-bond donors (Lipinski definition) is 0. The lowest BCUT2D eigenvalue weighted by molar-refractivity contribution is -0.131. The van der Waals surface area contributed by atoms with E-state index in [1.165, 1.54) is 11.1 Å². The fourth-order valence-electron chi connectivity index (χ4n) is 2.58. The Morgan fingerprint density at radius 3 is 2.38 bits per heavy atom. The molecule has 0 N–H and O–H groups in total. The fraction of sp³-hybridized carbons (Fsp3) is 0.318. The minimum atomic E-state index is 0.0459. The summed E-state index contributed by atoms with van der Waals surface area (Å²) in [4.78, 5) is 14.3. The lowest BCUT2D eigenvalue weighted by Gasteiger charge is -2.21. The third-order valence-electron chi connectivity index (χ3n) is 4.30. The molecular formula is C22H27NO3. The molecule has 0 radical (unpaired) electrons. The quantitative estimate of drug-likeness (QED) is 0.631. The van der Waals surface area contributed by atoms with Crippen LogP contribution in [0.4, 0.5) is 0 Å². The van der Waals surface area contributed by atoms with Crippen molar-refractivity contribution in [1.82, 2.24) is 4.90 Å². The Hall–Kier alpha value is -2.75. The molecule has 2 rings (SSSR count). The number of carbonyl (C=O) groups excluding carboxylic acids is 1. The van der Waals surface area contributed by atoms with Gasteiger partial charge in [0.05, 0.1) is 20.1 Å². The molecule has 0 spiro atoms. The molecule has 0 bridgehead atoms. The minimum Gasteiger partial charge on any atom is -0.497 e. The van der Waals surface area contributed by atoms with Crippen LogP contribution in [0.1, 0.15) is 23.1 Å². The zero-order valence-corrected chi connectivity index (χ0v) is 15.8. The van der Waals surface area contributed by atoms with Crippen LogP contribution in [-0.4, -0.2) is 31.1 Å². The Kier molecular flexibility index (Phi) is 7.27. The van der Waals surface area contributed by atoms with Crippen molar-refractivity contribution in [3.8, 4) is 11.5 Å². The van der Waals surface area contributed by atoms with Crippen molar-refractivity contribution in [2.45, 2.75) is 26.8 Å². The maximum atomic E-state index is 12.5. The molecule has 4 nitrogen and oxygen atoms in total. The number of benzene rings is 2. The van der Waals surface area contributed by atoms with Crippen molar-refractivity contribution in [3.05, 3.63) is 71.8 Å². The summed E-state index contributed by atoms with van der Waals surface area (Å²) in [6.07, 6.45) is 2.07. The van der Waals surface area contributed by atoms with Gasteiger partial charge in [0.2, 0.25) is 5.91 Å². The van der Waals surface area contributed by atoms with Gasteiger partial charge in [0.15, 0.2) is 0 Å². The van der Waals surface area contributed by atoms with Crippen LogP contribution in [0.15, 0.2) is 55.1 Å². The third kappa shape index (κ3) is 5.66. The number of nitrogens with zero attached hydrogens (tertiary/aromatic N) is 1. The molecular weight excluding hydrogens is 326 g/mol. The van der Waals surface area contributed by atoms with Gasteiger partial charge in [-0.25, -0.2) is 0 Å². The Morgan fingerprint density at radius 2 is 1.77 bits per heavy atom. The average molecular weight is 353 g/mol. The largest absolute Gasteiger partial charge is 0.497 e. The standard InChI is InChI=1S/C22H27NO3/c1-5-13-23(16-19-7-10-20(25-4)11-8-19)22(24)12-14-26-21-9-6-17(2)18(3)15-21/h5-11,15H,1,12-14,16H2,2-4H3. The van der Waals surface area contributed by atoms with E-state index in [1.54, 1.807) is 18.1 Å². The van der Waals surface area contributed by atoms with E-state index < -0.39 is 0 Å². The van der Waals surface area contributed by atoms with E-state index in [4.69, 9.17) is 9.47 Å².